The number of hydrogen-bond acceptors (Lipinski definition) is 2. The molecule has 1 atom stereocenters. The van der Waals surface area contributed by atoms with Crippen LogP contribution in [0.5, 0.6) is 0 Å². The largest absolute Gasteiger partial charge is 0.329 e. The van der Waals surface area contributed by atoms with Crippen molar-refractivity contribution >= 4 is 23.2 Å². The Hall–Kier alpha value is -1.06. The van der Waals surface area contributed by atoms with Crippen molar-refractivity contribution in [2.45, 2.75) is 12.6 Å². The molecule has 20 heavy (non-hydrogen) atoms. The minimum absolute atomic E-state index is 0.116. The summed E-state index contributed by atoms with van der Waals surface area (Å²) in [6.45, 7) is 1.37. The number of halogens is 2. The first-order chi connectivity index (χ1) is 9.61. The third kappa shape index (κ3) is 3.74. The summed E-state index contributed by atoms with van der Waals surface area (Å²) in [5, 5.41) is 1.13. The van der Waals surface area contributed by atoms with E-state index in [4.69, 9.17) is 28.9 Å². The van der Waals surface area contributed by atoms with E-state index in [2.05, 4.69) is 24.1 Å². The predicted octanol–water partition coefficient (Wildman–Crippen LogP) is 4.13. The number of likely N-dealkylation sites (N-methyl/N-ethyl adjacent to an activating group) is 1. The van der Waals surface area contributed by atoms with E-state index in [9.17, 15) is 0 Å². The van der Waals surface area contributed by atoms with Gasteiger partial charge in [-0.1, -0.05) is 59.6 Å². The maximum Gasteiger partial charge on any atom is 0.0595 e. The van der Waals surface area contributed by atoms with Gasteiger partial charge in [0.1, 0.15) is 0 Å². The number of rotatable bonds is 5. The molecule has 0 heterocycles. The molecule has 2 nitrogen and oxygen atoms in total. The third-order valence-corrected chi connectivity index (χ3v) is 4.10. The summed E-state index contributed by atoms with van der Waals surface area (Å²) >= 11 is 12.0. The summed E-state index contributed by atoms with van der Waals surface area (Å²) in [6.07, 6.45) is 0. The highest BCUT2D eigenvalue weighted by Gasteiger charge is 2.16. The quantitative estimate of drug-likeness (QED) is 0.900. The SMILES string of the molecule is CN(Cc1ccccc1)C(CN)c1ccc(Cl)c(Cl)c1. The first-order valence-corrected chi connectivity index (χ1v) is 7.26. The van der Waals surface area contributed by atoms with Crippen LogP contribution in [0, 0.1) is 0 Å². The Morgan fingerprint density at radius 3 is 2.35 bits per heavy atom. The summed E-state index contributed by atoms with van der Waals surface area (Å²) in [5.41, 5.74) is 8.27. The van der Waals surface area contributed by atoms with Gasteiger partial charge < -0.3 is 5.73 Å². The maximum atomic E-state index is 6.09. The Kier molecular flexibility index (Phi) is 5.44. The summed E-state index contributed by atoms with van der Waals surface area (Å²) in [7, 11) is 2.06. The average molecular weight is 309 g/mol. The molecular formula is C16H18Cl2N2. The van der Waals surface area contributed by atoms with Crippen LogP contribution in [0.3, 0.4) is 0 Å². The van der Waals surface area contributed by atoms with Gasteiger partial charge in [0.2, 0.25) is 0 Å². The Balaban J connectivity index is 2.16. The Bertz CT molecular complexity index is 558. The van der Waals surface area contributed by atoms with Crippen molar-refractivity contribution < 1.29 is 0 Å². The van der Waals surface area contributed by atoms with Gasteiger partial charge in [0.25, 0.3) is 0 Å². The van der Waals surface area contributed by atoms with Gasteiger partial charge in [-0.3, -0.25) is 4.90 Å². The molecule has 0 amide bonds. The predicted molar refractivity (Wildman–Crippen MR) is 86.2 cm³/mol. The molecule has 0 aromatic heterocycles. The molecule has 2 N–H and O–H groups in total. The van der Waals surface area contributed by atoms with Crippen LogP contribution in [0.15, 0.2) is 48.5 Å². The van der Waals surface area contributed by atoms with E-state index in [1.807, 2.05) is 36.4 Å². The van der Waals surface area contributed by atoms with Crippen molar-refractivity contribution in [3.05, 3.63) is 69.7 Å². The lowest BCUT2D eigenvalue weighted by molar-refractivity contribution is 0.242. The molecule has 2 aromatic rings. The van der Waals surface area contributed by atoms with E-state index in [0.717, 1.165) is 12.1 Å². The van der Waals surface area contributed by atoms with Crippen molar-refractivity contribution in [3.8, 4) is 0 Å². The smallest absolute Gasteiger partial charge is 0.0595 e. The van der Waals surface area contributed by atoms with Gasteiger partial charge in [0.05, 0.1) is 10.0 Å². The van der Waals surface area contributed by atoms with E-state index < -0.39 is 0 Å². The number of nitrogens with zero attached hydrogens (tertiary/aromatic N) is 1. The first-order valence-electron chi connectivity index (χ1n) is 6.51. The Morgan fingerprint density at radius 2 is 1.75 bits per heavy atom. The second-order valence-electron chi connectivity index (χ2n) is 4.83. The molecule has 4 heteroatoms. The zero-order chi connectivity index (χ0) is 14.5. The van der Waals surface area contributed by atoms with E-state index in [1.54, 1.807) is 0 Å². The van der Waals surface area contributed by atoms with Gasteiger partial charge in [-0.15, -0.1) is 0 Å². The topological polar surface area (TPSA) is 29.3 Å². The molecule has 1 unspecified atom stereocenters. The monoisotopic (exact) mass is 308 g/mol. The number of nitrogens with two attached hydrogens (primary N) is 1. The van der Waals surface area contributed by atoms with Gasteiger partial charge in [0.15, 0.2) is 0 Å². The summed E-state index contributed by atoms with van der Waals surface area (Å²) in [5.74, 6) is 0. The lowest BCUT2D eigenvalue weighted by Crippen LogP contribution is -2.30. The molecule has 0 aliphatic heterocycles. The zero-order valence-corrected chi connectivity index (χ0v) is 12.9. The van der Waals surface area contributed by atoms with Crippen LogP contribution < -0.4 is 5.73 Å². The Morgan fingerprint density at radius 1 is 1.05 bits per heavy atom. The van der Waals surface area contributed by atoms with Crippen molar-refractivity contribution in [3.63, 3.8) is 0 Å². The Labute approximate surface area is 130 Å². The van der Waals surface area contributed by atoms with Gasteiger partial charge in [-0.2, -0.15) is 0 Å². The second-order valence-corrected chi connectivity index (χ2v) is 5.64. The normalized spacial score (nSPS) is 12.7. The molecule has 0 aliphatic rings. The standard InChI is InChI=1S/C16H18Cl2N2/c1-20(11-12-5-3-2-4-6-12)16(10-19)13-7-8-14(17)15(18)9-13/h2-9,16H,10-11,19H2,1H3. The van der Waals surface area contributed by atoms with Crippen LogP contribution in [0.25, 0.3) is 0 Å². The highest BCUT2D eigenvalue weighted by Crippen LogP contribution is 2.28. The molecule has 0 spiro atoms. The van der Waals surface area contributed by atoms with Crippen LogP contribution in [-0.4, -0.2) is 18.5 Å². The van der Waals surface area contributed by atoms with Crippen molar-refractivity contribution in [2.75, 3.05) is 13.6 Å². The van der Waals surface area contributed by atoms with Crippen LogP contribution in [-0.2, 0) is 6.54 Å². The summed E-state index contributed by atoms with van der Waals surface area (Å²) < 4.78 is 0. The molecular weight excluding hydrogens is 291 g/mol. The highest BCUT2D eigenvalue weighted by atomic mass is 35.5. The molecule has 0 fully saturated rings. The zero-order valence-electron chi connectivity index (χ0n) is 11.4. The minimum atomic E-state index is 0.116. The molecule has 0 aliphatic carbocycles. The van der Waals surface area contributed by atoms with Crippen molar-refractivity contribution in [2.24, 2.45) is 5.73 Å². The van der Waals surface area contributed by atoms with Crippen LogP contribution in [0.2, 0.25) is 10.0 Å². The minimum Gasteiger partial charge on any atom is -0.329 e. The fourth-order valence-electron chi connectivity index (χ4n) is 2.27. The van der Waals surface area contributed by atoms with Crippen molar-refractivity contribution in [1.29, 1.82) is 0 Å². The highest BCUT2D eigenvalue weighted by molar-refractivity contribution is 6.42. The fraction of sp³-hybridized carbons (Fsp3) is 0.250. The van der Waals surface area contributed by atoms with Crippen LogP contribution in [0.1, 0.15) is 17.2 Å². The molecule has 0 saturated heterocycles. The van der Waals surface area contributed by atoms with E-state index in [-0.39, 0.29) is 6.04 Å². The van der Waals surface area contributed by atoms with Crippen LogP contribution in [0.4, 0.5) is 0 Å². The van der Waals surface area contributed by atoms with E-state index in [0.29, 0.717) is 16.6 Å². The van der Waals surface area contributed by atoms with E-state index >= 15 is 0 Å². The first kappa shape index (κ1) is 15.3. The summed E-state index contributed by atoms with van der Waals surface area (Å²) in [4.78, 5) is 2.22. The number of benzene rings is 2. The molecule has 0 saturated carbocycles. The average Bonchev–Trinajstić information content (AvgIpc) is 2.44. The van der Waals surface area contributed by atoms with Gasteiger partial charge >= 0.3 is 0 Å². The fourth-order valence-corrected chi connectivity index (χ4v) is 2.58. The molecule has 2 rings (SSSR count). The molecule has 0 bridgehead atoms. The van der Waals surface area contributed by atoms with Gasteiger partial charge in [-0.05, 0) is 30.3 Å². The van der Waals surface area contributed by atoms with Gasteiger partial charge in [0, 0.05) is 19.1 Å². The molecule has 0 radical (unpaired) electrons. The van der Waals surface area contributed by atoms with Gasteiger partial charge in [-0.25, -0.2) is 0 Å². The molecule has 106 valence electrons. The summed E-state index contributed by atoms with van der Waals surface area (Å²) in [6, 6.07) is 16.1. The van der Waals surface area contributed by atoms with Crippen LogP contribution >= 0.6 is 23.2 Å². The van der Waals surface area contributed by atoms with E-state index in [1.165, 1.54) is 5.56 Å². The number of hydrogen-bond donors (Lipinski definition) is 1. The van der Waals surface area contributed by atoms with Crippen molar-refractivity contribution in [1.82, 2.24) is 4.90 Å². The lowest BCUT2D eigenvalue weighted by atomic mass is 10.0. The molecule has 2 aromatic carbocycles. The third-order valence-electron chi connectivity index (χ3n) is 3.36. The lowest BCUT2D eigenvalue weighted by Gasteiger charge is -2.27. The second kappa shape index (κ2) is 7.09. The maximum absolute atomic E-state index is 6.09.